The second-order valence-corrected chi connectivity index (χ2v) is 5.30. The van der Waals surface area contributed by atoms with Crippen LogP contribution in [0, 0.1) is 20.8 Å². The molecule has 1 aliphatic carbocycles. The van der Waals surface area contributed by atoms with Crippen molar-refractivity contribution < 1.29 is 4.79 Å². The van der Waals surface area contributed by atoms with Gasteiger partial charge in [0.05, 0.1) is 0 Å². The first-order valence-corrected chi connectivity index (χ1v) is 6.67. The second kappa shape index (κ2) is 5.53. The number of carbonyl (C=O) groups is 1. The van der Waals surface area contributed by atoms with E-state index in [-0.39, 0.29) is 5.91 Å². The van der Waals surface area contributed by atoms with Gasteiger partial charge in [-0.15, -0.1) is 0 Å². The Kier molecular flexibility index (Phi) is 4.02. The van der Waals surface area contributed by atoms with E-state index < -0.39 is 0 Å². The van der Waals surface area contributed by atoms with Crippen molar-refractivity contribution in [2.24, 2.45) is 0 Å². The number of anilines is 1. The van der Waals surface area contributed by atoms with Gasteiger partial charge in [0.25, 0.3) is 0 Å². The van der Waals surface area contributed by atoms with E-state index in [4.69, 9.17) is 0 Å². The highest BCUT2D eigenvalue weighted by atomic mass is 16.1. The maximum Gasteiger partial charge on any atom is 0.225 e. The molecule has 1 aliphatic rings. The van der Waals surface area contributed by atoms with E-state index in [9.17, 15) is 4.79 Å². The molecule has 1 saturated carbocycles. The summed E-state index contributed by atoms with van der Waals surface area (Å²) in [6.45, 7) is 6.93. The average Bonchev–Trinajstić information content (AvgIpc) is 3.07. The van der Waals surface area contributed by atoms with Crippen LogP contribution in [0.2, 0.25) is 0 Å². The first kappa shape index (κ1) is 13.1. The molecule has 0 aromatic heterocycles. The summed E-state index contributed by atoms with van der Waals surface area (Å²) in [4.78, 5) is 11.9. The van der Waals surface area contributed by atoms with E-state index in [1.165, 1.54) is 18.4 Å². The fourth-order valence-corrected chi connectivity index (χ4v) is 2.26. The Hall–Kier alpha value is -1.35. The van der Waals surface area contributed by atoms with Gasteiger partial charge in [0, 0.05) is 24.7 Å². The van der Waals surface area contributed by atoms with Gasteiger partial charge in [-0.05, 0) is 44.7 Å². The van der Waals surface area contributed by atoms with Crippen LogP contribution in [0.1, 0.15) is 36.0 Å². The summed E-state index contributed by atoms with van der Waals surface area (Å²) in [6, 6.07) is 4.87. The first-order chi connectivity index (χ1) is 8.56. The molecule has 1 aromatic carbocycles. The molecule has 2 rings (SSSR count). The van der Waals surface area contributed by atoms with Gasteiger partial charge in [-0.1, -0.05) is 17.7 Å². The Morgan fingerprint density at radius 2 is 1.83 bits per heavy atom. The van der Waals surface area contributed by atoms with Crippen molar-refractivity contribution >= 4 is 11.6 Å². The summed E-state index contributed by atoms with van der Waals surface area (Å²) in [5.74, 6) is 0.0956. The number of carbonyl (C=O) groups excluding carboxylic acids is 1. The van der Waals surface area contributed by atoms with Crippen molar-refractivity contribution in [2.45, 2.75) is 46.1 Å². The number of amides is 1. The van der Waals surface area contributed by atoms with Crippen LogP contribution in [0.4, 0.5) is 5.69 Å². The van der Waals surface area contributed by atoms with Crippen molar-refractivity contribution in [3.63, 3.8) is 0 Å². The third-order valence-corrected chi connectivity index (χ3v) is 3.30. The summed E-state index contributed by atoms with van der Waals surface area (Å²) in [7, 11) is 0. The first-order valence-electron chi connectivity index (χ1n) is 6.67. The van der Waals surface area contributed by atoms with Gasteiger partial charge >= 0.3 is 0 Å². The smallest absolute Gasteiger partial charge is 0.225 e. The van der Waals surface area contributed by atoms with Crippen molar-refractivity contribution in [3.05, 3.63) is 28.8 Å². The Morgan fingerprint density at radius 1 is 1.22 bits per heavy atom. The molecule has 18 heavy (non-hydrogen) atoms. The van der Waals surface area contributed by atoms with Crippen LogP contribution in [-0.2, 0) is 4.79 Å². The Bertz CT molecular complexity index is 427. The minimum absolute atomic E-state index is 0.0956. The van der Waals surface area contributed by atoms with Crippen molar-refractivity contribution in [1.82, 2.24) is 5.32 Å². The van der Waals surface area contributed by atoms with Crippen LogP contribution in [-0.4, -0.2) is 18.5 Å². The third-order valence-electron chi connectivity index (χ3n) is 3.30. The van der Waals surface area contributed by atoms with E-state index in [1.807, 2.05) is 13.8 Å². The largest absolute Gasteiger partial charge is 0.326 e. The molecule has 1 aromatic rings. The van der Waals surface area contributed by atoms with Crippen LogP contribution < -0.4 is 10.6 Å². The van der Waals surface area contributed by atoms with E-state index in [0.29, 0.717) is 12.5 Å². The van der Waals surface area contributed by atoms with E-state index in [0.717, 1.165) is 23.4 Å². The van der Waals surface area contributed by atoms with Crippen LogP contribution >= 0.6 is 0 Å². The van der Waals surface area contributed by atoms with E-state index in [2.05, 4.69) is 29.7 Å². The summed E-state index contributed by atoms with van der Waals surface area (Å²) >= 11 is 0. The monoisotopic (exact) mass is 246 g/mol. The van der Waals surface area contributed by atoms with Gasteiger partial charge in [0.2, 0.25) is 5.91 Å². The number of aryl methyl sites for hydroxylation is 3. The molecule has 98 valence electrons. The molecule has 0 bridgehead atoms. The topological polar surface area (TPSA) is 41.1 Å². The Balaban J connectivity index is 1.89. The minimum Gasteiger partial charge on any atom is -0.326 e. The quantitative estimate of drug-likeness (QED) is 0.838. The van der Waals surface area contributed by atoms with Crippen molar-refractivity contribution in [2.75, 3.05) is 11.9 Å². The zero-order valence-corrected chi connectivity index (χ0v) is 11.5. The molecule has 2 N–H and O–H groups in total. The number of hydrogen-bond acceptors (Lipinski definition) is 2. The molecule has 1 fully saturated rings. The van der Waals surface area contributed by atoms with Crippen LogP contribution in [0.15, 0.2) is 12.1 Å². The number of hydrogen-bond donors (Lipinski definition) is 2. The maximum atomic E-state index is 11.9. The van der Waals surface area contributed by atoms with Gasteiger partial charge in [-0.2, -0.15) is 0 Å². The SMILES string of the molecule is Cc1cc(C)c(NC(=O)CCNC2CC2)c(C)c1. The van der Waals surface area contributed by atoms with Crippen molar-refractivity contribution in [3.8, 4) is 0 Å². The minimum atomic E-state index is 0.0956. The van der Waals surface area contributed by atoms with E-state index >= 15 is 0 Å². The Labute approximate surface area is 109 Å². The lowest BCUT2D eigenvalue weighted by Crippen LogP contribution is -2.23. The molecule has 0 atom stereocenters. The summed E-state index contributed by atoms with van der Waals surface area (Å²) < 4.78 is 0. The van der Waals surface area contributed by atoms with Gasteiger partial charge in [0.15, 0.2) is 0 Å². The summed E-state index contributed by atoms with van der Waals surface area (Å²) in [6.07, 6.45) is 3.07. The molecule has 0 saturated heterocycles. The van der Waals surface area contributed by atoms with Gasteiger partial charge in [-0.25, -0.2) is 0 Å². The normalized spacial score (nSPS) is 14.6. The average molecular weight is 246 g/mol. The molecule has 0 aliphatic heterocycles. The second-order valence-electron chi connectivity index (χ2n) is 5.30. The Morgan fingerprint density at radius 3 is 2.39 bits per heavy atom. The number of benzene rings is 1. The van der Waals surface area contributed by atoms with E-state index in [1.54, 1.807) is 0 Å². The number of nitrogens with one attached hydrogen (secondary N) is 2. The molecule has 0 unspecified atom stereocenters. The molecular formula is C15H22N2O. The molecule has 3 heteroatoms. The third kappa shape index (κ3) is 3.57. The lowest BCUT2D eigenvalue weighted by atomic mass is 10.1. The standard InChI is InChI=1S/C15H22N2O/c1-10-8-11(2)15(12(3)9-10)17-14(18)6-7-16-13-4-5-13/h8-9,13,16H,4-7H2,1-3H3,(H,17,18). The summed E-state index contributed by atoms with van der Waals surface area (Å²) in [5.41, 5.74) is 4.47. The van der Waals surface area contributed by atoms with Gasteiger partial charge in [0.1, 0.15) is 0 Å². The maximum absolute atomic E-state index is 11.9. The molecule has 0 heterocycles. The van der Waals surface area contributed by atoms with Crippen molar-refractivity contribution in [1.29, 1.82) is 0 Å². The highest BCUT2D eigenvalue weighted by Gasteiger charge is 2.20. The molecule has 3 nitrogen and oxygen atoms in total. The lowest BCUT2D eigenvalue weighted by Gasteiger charge is -2.13. The summed E-state index contributed by atoms with van der Waals surface area (Å²) in [5, 5.41) is 6.37. The fraction of sp³-hybridized carbons (Fsp3) is 0.533. The lowest BCUT2D eigenvalue weighted by molar-refractivity contribution is -0.116. The highest BCUT2D eigenvalue weighted by Crippen LogP contribution is 2.22. The highest BCUT2D eigenvalue weighted by molar-refractivity contribution is 5.92. The zero-order chi connectivity index (χ0) is 13.1. The fourth-order valence-electron chi connectivity index (χ4n) is 2.26. The predicted molar refractivity (Wildman–Crippen MR) is 74.9 cm³/mol. The zero-order valence-electron chi connectivity index (χ0n) is 11.5. The van der Waals surface area contributed by atoms with Gasteiger partial charge in [-0.3, -0.25) is 4.79 Å². The number of rotatable bonds is 5. The van der Waals surface area contributed by atoms with Crippen LogP contribution in [0.3, 0.4) is 0 Å². The predicted octanol–water partition coefficient (Wildman–Crippen LogP) is 2.69. The molecule has 1 amide bonds. The molecule has 0 radical (unpaired) electrons. The van der Waals surface area contributed by atoms with Crippen LogP contribution in [0.5, 0.6) is 0 Å². The molecule has 0 spiro atoms. The van der Waals surface area contributed by atoms with Crippen LogP contribution in [0.25, 0.3) is 0 Å². The molecular weight excluding hydrogens is 224 g/mol. The van der Waals surface area contributed by atoms with Gasteiger partial charge < -0.3 is 10.6 Å².